The Morgan fingerprint density at radius 2 is 1.67 bits per heavy atom. The summed E-state index contributed by atoms with van der Waals surface area (Å²) in [4.78, 5) is 9.65. The third kappa shape index (κ3) is 7.15. The van der Waals surface area contributed by atoms with Crippen molar-refractivity contribution in [2.24, 2.45) is 4.99 Å². The molecule has 5 heteroatoms. The van der Waals surface area contributed by atoms with Crippen LogP contribution in [0.5, 0.6) is 0 Å². The van der Waals surface area contributed by atoms with E-state index >= 15 is 0 Å². The van der Waals surface area contributed by atoms with E-state index in [-0.39, 0.29) is 0 Å². The zero-order chi connectivity index (χ0) is 21.2. The predicted octanol–water partition coefficient (Wildman–Crippen LogP) is 3.47. The second-order valence-corrected chi connectivity index (χ2v) is 8.38. The van der Waals surface area contributed by atoms with Crippen molar-refractivity contribution in [1.82, 2.24) is 20.4 Å². The lowest BCUT2D eigenvalue weighted by molar-refractivity contribution is 0.198. The number of piperidine rings is 1. The van der Waals surface area contributed by atoms with Crippen molar-refractivity contribution in [2.75, 3.05) is 33.7 Å². The van der Waals surface area contributed by atoms with E-state index in [0.29, 0.717) is 12.6 Å². The molecule has 0 radical (unpaired) electrons. The van der Waals surface area contributed by atoms with E-state index in [4.69, 9.17) is 4.99 Å². The van der Waals surface area contributed by atoms with Gasteiger partial charge in [-0.25, -0.2) is 4.99 Å². The van der Waals surface area contributed by atoms with Crippen LogP contribution in [0.4, 0.5) is 0 Å². The van der Waals surface area contributed by atoms with Gasteiger partial charge in [0.1, 0.15) is 0 Å². The summed E-state index contributed by atoms with van der Waals surface area (Å²) in [6.07, 6.45) is 2.29. The lowest BCUT2D eigenvalue weighted by Crippen LogP contribution is -2.48. The van der Waals surface area contributed by atoms with Crippen LogP contribution < -0.4 is 10.6 Å². The van der Waals surface area contributed by atoms with Crippen LogP contribution in [0, 0.1) is 0 Å². The minimum Gasteiger partial charge on any atom is -0.357 e. The number of guanidine groups is 1. The zero-order valence-electron chi connectivity index (χ0n) is 18.8. The molecule has 1 saturated heterocycles. The Balaban J connectivity index is 1.53. The van der Waals surface area contributed by atoms with Gasteiger partial charge >= 0.3 is 0 Å². The molecule has 0 aliphatic carbocycles. The number of rotatable bonds is 8. The van der Waals surface area contributed by atoms with Gasteiger partial charge in [0, 0.05) is 38.8 Å². The Bertz CT molecular complexity index is 779. The van der Waals surface area contributed by atoms with Crippen molar-refractivity contribution in [1.29, 1.82) is 0 Å². The van der Waals surface area contributed by atoms with E-state index in [2.05, 4.69) is 96.0 Å². The van der Waals surface area contributed by atoms with Crippen LogP contribution in [0.15, 0.2) is 59.6 Å². The van der Waals surface area contributed by atoms with Crippen molar-refractivity contribution in [3.05, 3.63) is 71.3 Å². The maximum Gasteiger partial charge on any atom is 0.191 e. The minimum atomic E-state index is 0.479. The summed E-state index contributed by atoms with van der Waals surface area (Å²) in [5.41, 5.74) is 4.03. The van der Waals surface area contributed by atoms with Crippen molar-refractivity contribution < 1.29 is 0 Å². The van der Waals surface area contributed by atoms with Gasteiger partial charge in [0.25, 0.3) is 0 Å². The molecule has 30 heavy (non-hydrogen) atoms. The molecular formula is C25H37N5. The highest BCUT2D eigenvalue weighted by atomic mass is 15.2. The average Bonchev–Trinajstić information content (AvgIpc) is 2.75. The zero-order valence-corrected chi connectivity index (χ0v) is 18.8. The molecule has 2 aromatic carbocycles. The molecule has 0 unspecified atom stereocenters. The number of nitrogens with one attached hydrogen (secondary N) is 2. The smallest absolute Gasteiger partial charge is 0.191 e. The first kappa shape index (κ1) is 22.3. The highest BCUT2D eigenvalue weighted by Gasteiger charge is 2.20. The van der Waals surface area contributed by atoms with Gasteiger partial charge in [-0.15, -0.1) is 0 Å². The Kier molecular flexibility index (Phi) is 8.72. The van der Waals surface area contributed by atoms with E-state index < -0.39 is 0 Å². The Labute approximate surface area is 182 Å². The van der Waals surface area contributed by atoms with Gasteiger partial charge < -0.3 is 15.5 Å². The molecule has 0 bridgehead atoms. The first-order chi connectivity index (χ1) is 14.6. The summed E-state index contributed by atoms with van der Waals surface area (Å²) in [6, 6.07) is 19.8. The molecule has 0 aromatic heterocycles. The molecule has 0 spiro atoms. The summed E-state index contributed by atoms with van der Waals surface area (Å²) < 4.78 is 0. The van der Waals surface area contributed by atoms with Gasteiger partial charge in [0.2, 0.25) is 0 Å². The molecular weight excluding hydrogens is 370 g/mol. The van der Waals surface area contributed by atoms with Crippen LogP contribution in [0.1, 0.15) is 36.5 Å². The van der Waals surface area contributed by atoms with Crippen LogP contribution in [-0.2, 0) is 19.6 Å². The van der Waals surface area contributed by atoms with E-state index in [9.17, 15) is 0 Å². The summed E-state index contributed by atoms with van der Waals surface area (Å²) in [5, 5.41) is 7.10. The standard InChI is InChI=1S/C25H37N5/c1-4-26-25(27-18-22-12-8-9-13-23(22)20-29(2)3)28-24-14-16-30(17-15-24)19-21-10-6-5-7-11-21/h5-13,24H,4,14-20H2,1-3H3,(H2,26,27,28). The Morgan fingerprint density at radius 1 is 1.00 bits per heavy atom. The number of hydrogen-bond acceptors (Lipinski definition) is 3. The van der Waals surface area contributed by atoms with Gasteiger partial charge in [0.15, 0.2) is 5.96 Å². The second-order valence-electron chi connectivity index (χ2n) is 8.38. The molecule has 2 aromatic rings. The van der Waals surface area contributed by atoms with E-state index in [1.165, 1.54) is 16.7 Å². The van der Waals surface area contributed by atoms with Gasteiger partial charge in [-0.2, -0.15) is 0 Å². The molecule has 1 fully saturated rings. The van der Waals surface area contributed by atoms with Crippen LogP contribution in [0.2, 0.25) is 0 Å². The molecule has 1 heterocycles. The van der Waals surface area contributed by atoms with E-state index in [1.54, 1.807) is 0 Å². The van der Waals surface area contributed by atoms with Crippen molar-refractivity contribution in [3.8, 4) is 0 Å². The van der Waals surface area contributed by atoms with Crippen molar-refractivity contribution >= 4 is 5.96 Å². The summed E-state index contributed by atoms with van der Waals surface area (Å²) >= 11 is 0. The molecule has 1 aliphatic rings. The molecule has 3 rings (SSSR count). The minimum absolute atomic E-state index is 0.479. The average molecular weight is 408 g/mol. The highest BCUT2D eigenvalue weighted by molar-refractivity contribution is 5.80. The lowest BCUT2D eigenvalue weighted by atomic mass is 10.0. The van der Waals surface area contributed by atoms with Crippen LogP contribution in [-0.4, -0.2) is 55.5 Å². The Morgan fingerprint density at radius 3 is 2.33 bits per heavy atom. The SMILES string of the molecule is CCNC(=NCc1ccccc1CN(C)C)NC1CCN(Cc2ccccc2)CC1. The Hall–Kier alpha value is -2.37. The molecule has 0 amide bonds. The maximum absolute atomic E-state index is 4.89. The number of nitrogens with zero attached hydrogens (tertiary/aromatic N) is 3. The molecule has 0 atom stereocenters. The van der Waals surface area contributed by atoms with Gasteiger partial charge in [-0.05, 0) is 50.6 Å². The van der Waals surface area contributed by atoms with Gasteiger partial charge in [-0.1, -0.05) is 54.6 Å². The van der Waals surface area contributed by atoms with E-state index in [0.717, 1.165) is 51.5 Å². The first-order valence-electron chi connectivity index (χ1n) is 11.2. The third-order valence-electron chi connectivity index (χ3n) is 5.53. The van der Waals surface area contributed by atoms with Crippen molar-refractivity contribution in [3.63, 3.8) is 0 Å². The largest absolute Gasteiger partial charge is 0.357 e. The first-order valence-corrected chi connectivity index (χ1v) is 11.2. The molecule has 5 nitrogen and oxygen atoms in total. The fourth-order valence-corrected chi connectivity index (χ4v) is 3.96. The predicted molar refractivity (Wildman–Crippen MR) is 127 cm³/mol. The quantitative estimate of drug-likeness (QED) is 0.519. The number of hydrogen-bond donors (Lipinski definition) is 2. The van der Waals surface area contributed by atoms with E-state index in [1.807, 2.05) is 0 Å². The lowest BCUT2D eigenvalue weighted by Gasteiger charge is -2.33. The van der Waals surface area contributed by atoms with Crippen LogP contribution in [0.3, 0.4) is 0 Å². The normalized spacial score (nSPS) is 16.1. The highest BCUT2D eigenvalue weighted by Crippen LogP contribution is 2.15. The topological polar surface area (TPSA) is 42.9 Å². The number of likely N-dealkylation sites (tertiary alicyclic amines) is 1. The summed E-state index contributed by atoms with van der Waals surface area (Å²) in [5.74, 6) is 0.929. The monoisotopic (exact) mass is 407 g/mol. The maximum atomic E-state index is 4.89. The second kappa shape index (κ2) is 11.7. The summed E-state index contributed by atoms with van der Waals surface area (Å²) in [6.45, 7) is 7.93. The number of aliphatic imine (C=N–C) groups is 1. The fourth-order valence-electron chi connectivity index (χ4n) is 3.96. The van der Waals surface area contributed by atoms with Crippen LogP contribution in [0.25, 0.3) is 0 Å². The molecule has 2 N–H and O–H groups in total. The van der Waals surface area contributed by atoms with Gasteiger partial charge in [-0.3, -0.25) is 4.90 Å². The summed E-state index contributed by atoms with van der Waals surface area (Å²) in [7, 11) is 4.21. The molecule has 0 saturated carbocycles. The van der Waals surface area contributed by atoms with Crippen LogP contribution >= 0.6 is 0 Å². The molecule has 1 aliphatic heterocycles. The fraction of sp³-hybridized carbons (Fsp3) is 0.480. The third-order valence-corrected chi connectivity index (χ3v) is 5.53. The molecule has 162 valence electrons. The van der Waals surface area contributed by atoms with Crippen molar-refractivity contribution in [2.45, 2.75) is 45.4 Å². The van der Waals surface area contributed by atoms with Gasteiger partial charge in [0.05, 0.1) is 6.54 Å². The number of benzene rings is 2.